The van der Waals surface area contributed by atoms with Crippen LogP contribution in [0.3, 0.4) is 0 Å². The molecule has 0 saturated heterocycles. The summed E-state index contributed by atoms with van der Waals surface area (Å²) in [7, 11) is 0. The summed E-state index contributed by atoms with van der Waals surface area (Å²) in [6.45, 7) is 2.29. The number of fused-ring (bicyclic) bond motifs is 1. The van der Waals surface area contributed by atoms with Crippen LogP contribution in [-0.2, 0) is 6.42 Å². The first kappa shape index (κ1) is 13.4. The van der Waals surface area contributed by atoms with Gasteiger partial charge in [0.1, 0.15) is 0 Å². The second kappa shape index (κ2) is 5.05. The van der Waals surface area contributed by atoms with Gasteiger partial charge in [-0.05, 0) is 25.0 Å². The van der Waals surface area contributed by atoms with Crippen LogP contribution in [0.25, 0.3) is 0 Å². The molecule has 1 aromatic heterocycles. The number of nitrogens with one attached hydrogen (secondary N) is 1. The van der Waals surface area contributed by atoms with Crippen LogP contribution in [-0.4, -0.2) is 28.3 Å². The molecule has 2 heterocycles. The maximum absolute atomic E-state index is 12.3. The van der Waals surface area contributed by atoms with E-state index >= 15 is 0 Å². The number of hydrogen-bond donors (Lipinski definition) is 1. The predicted octanol–water partition coefficient (Wildman–Crippen LogP) is 2.56. The van der Waals surface area contributed by atoms with Crippen LogP contribution in [0.5, 0.6) is 0 Å². The van der Waals surface area contributed by atoms with Crippen molar-refractivity contribution in [3.05, 3.63) is 57.9 Å². The molecule has 0 fully saturated rings. The number of para-hydroxylation sites is 1. The number of H-pyrrole nitrogens is 1. The topological polar surface area (TPSA) is 79.2 Å². The lowest BCUT2D eigenvalue weighted by Gasteiger charge is -2.23. The maximum Gasteiger partial charge on any atom is 0.287 e. The van der Waals surface area contributed by atoms with E-state index in [1.807, 2.05) is 23.1 Å². The van der Waals surface area contributed by atoms with Gasteiger partial charge in [0.2, 0.25) is 0 Å². The number of carbonyl (C=O) groups excluding carboxylic acids is 1. The summed E-state index contributed by atoms with van der Waals surface area (Å²) in [5.74, 6) is -0.147. The zero-order chi connectivity index (χ0) is 15.0. The van der Waals surface area contributed by atoms with Crippen LogP contribution in [0.1, 0.15) is 23.0 Å². The molecule has 0 radical (unpaired) electrons. The van der Waals surface area contributed by atoms with Gasteiger partial charge in [-0.25, -0.2) is 0 Å². The zero-order valence-corrected chi connectivity index (χ0v) is 11.6. The molecule has 6 nitrogen and oxygen atoms in total. The van der Waals surface area contributed by atoms with Crippen molar-refractivity contribution in [2.45, 2.75) is 19.4 Å². The molecule has 1 aromatic carbocycles. The highest BCUT2D eigenvalue weighted by Gasteiger charge is 2.28. The summed E-state index contributed by atoms with van der Waals surface area (Å²) in [4.78, 5) is 27.2. The molecule has 108 valence electrons. The van der Waals surface area contributed by atoms with Gasteiger partial charge in [0.25, 0.3) is 5.69 Å². The Kier molecular flexibility index (Phi) is 3.21. The van der Waals surface area contributed by atoms with E-state index in [1.165, 1.54) is 17.8 Å². The molecular formula is C15H15N3O3. The van der Waals surface area contributed by atoms with Gasteiger partial charge in [-0.2, -0.15) is 0 Å². The summed E-state index contributed by atoms with van der Waals surface area (Å²) in [6, 6.07) is 9.55. The minimum atomic E-state index is -0.513. The third-order valence-corrected chi connectivity index (χ3v) is 3.84. The van der Waals surface area contributed by atoms with Crippen LogP contribution >= 0.6 is 0 Å². The maximum atomic E-state index is 12.3. The Balaban J connectivity index is 1.80. The van der Waals surface area contributed by atoms with E-state index in [9.17, 15) is 14.9 Å². The number of hydrogen-bond acceptors (Lipinski definition) is 4. The van der Waals surface area contributed by atoms with Crippen LogP contribution < -0.4 is 4.90 Å². The van der Waals surface area contributed by atoms with Crippen molar-refractivity contribution in [3.63, 3.8) is 0 Å². The monoisotopic (exact) mass is 285 g/mol. The van der Waals surface area contributed by atoms with Crippen LogP contribution in [0, 0.1) is 10.1 Å². The first-order valence-electron chi connectivity index (χ1n) is 6.77. The molecule has 1 N–H and O–H groups in total. The van der Waals surface area contributed by atoms with Gasteiger partial charge < -0.3 is 9.88 Å². The molecule has 1 unspecified atom stereocenters. The number of nitro groups is 1. The van der Waals surface area contributed by atoms with Gasteiger partial charge in [-0.3, -0.25) is 14.9 Å². The number of anilines is 1. The number of nitrogens with zero attached hydrogens (tertiary/aromatic N) is 2. The van der Waals surface area contributed by atoms with Gasteiger partial charge in [-0.15, -0.1) is 0 Å². The summed E-state index contributed by atoms with van der Waals surface area (Å²) >= 11 is 0. The minimum absolute atomic E-state index is 0.0896. The van der Waals surface area contributed by atoms with Gasteiger partial charge in [0, 0.05) is 17.8 Å². The van der Waals surface area contributed by atoms with Gasteiger partial charge >= 0.3 is 0 Å². The number of aromatic nitrogens is 1. The van der Waals surface area contributed by atoms with Crippen molar-refractivity contribution >= 4 is 17.2 Å². The van der Waals surface area contributed by atoms with Crippen molar-refractivity contribution in [2.75, 3.05) is 11.4 Å². The first-order chi connectivity index (χ1) is 10.1. The lowest BCUT2D eigenvalue weighted by molar-refractivity contribution is -0.384. The molecule has 0 saturated carbocycles. The van der Waals surface area contributed by atoms with Crippen molar-refractivity contribution in [1.82, 2.24) is 4.98 Å². The number of ketones is 1. The second-order valence-electron chi connectivity index (χ2n) is 5.26. The smallest absolute Gasteiger partial charge is 0.287 e. The summed E-state index contributed by atoms with van der Waals surface area (Å²) in [5.41, 5.74) is 2.49. The molecule has 0 spiro atoms. The molecule has 6 heteroatoms. The van der Waals surface area contributed by atoms with Gasteiger partial charge in [-0.1, -0.05) is 18.2 Å². The fraction of sp³-hybridized carbons (Fsp3) is 0.267. The highest BCUT2D eigenvalue weighted by atomic mass is 16.6. The molecule has 1 aliphatic rings. The van der Waals surface area contributed by atoms with E-state index in [2.05, 4.69) is 18.0 Å². The molecule has 0 aliphatic carbocycles. The number of carbonyl (C=O) groups is 1. The molecule has 1 aliphatic heterocycles. The number of rotatable bonds is 4. The van der Waals surface area contributed by atoms with Gasteiger partial charge in [0.15, 0.2) is 5.78 Å². The number of benzene rings is 1. The third kappa shape index (κ3) is 2.40. The molecule has 2 aromatic rings. The fourth-order valence-corrected chi connectivity index (χ4v) is 2.76. The van der Waals surface area contributed by atoms with Crippen LogP contribution in [0.4, 0.5) is 11.4 Å². The zero-order valence-electron chi connectivity index (χ0n) is 11.6. The Morgan fingerprint density at radius 3 is 2.95 bits per heavy atom. The Hall–Kier alpha value is -2.63. The average Bonchev–Trinajstić information content (AvgIpc) is 3.05. The van der Waals surface area contributed by atoms with Crippen molar-refractivity contribution in [2.24, 2.45) is 0 Å². The van der Waals surface area contributed by atoms with Crippen molar-refractivity contribution in [3.8, 4) is 0 Å². The molecule has 0 amide bonds. The van der Waals surface area contributed by atoms with E-state index in [-0.39, 0.29) is 29.8 Å². The van der Waals surface area contributed by atoms with Gasteiger partial charge in [0.05, 0.1) is 23.4 Å². The van der Waals surface area contributed by atoms with Crippen molar-refractivity contribution in [1.29, 1.82) is 0 Å². The highest BCUT2D eigenvalue weighted by Crippen LogP contribution is 2.31. The molecule has 0 bridgehead atoms. The standard InChI is InChI=1S/C15H15N3O3/c1-10-6-11-4-2-3-5-14(11)17(10)9-15(19)13-7-12(8-16-13)18(20)21/h2-5,7-8,10,16H,6,9H2,1H3. The van der Waals surface area contributed by atoms with Crippen molar-refractivity contribution < 1.29 is 9.72 Å². The molecular weight excluding hydrogens is 270 g/mol. The second-order valence-corrected chi connectivity index (χ2v) is 5.26. The average molecular weight is 285 g/mol. The Labute approximate surface area is 121 Å². The van der Waals surface area contributed by atoms with Crippen LogP contribution in [0.2, 0.25) is 0 Å². The summed E-state index contributed by atoms with van der Waals surface area (Å²) in [5, 5.41) is 10.7. The largest absolute Gasteiger partial charge is 0.360 e. The lowest BCUT2D eigenvalue weighted by Crippen LogP contribution is -2.34. The van der Waals surface area contributed by atoms with E-state index in [0.29, 0.717) is 0 Å². The third-order valence-electron chi connectivity index (χ3n) is 3.84. The molecule has 21 heavy (non-hydrogen) atoms. The first-order valence-corrected chi connectivity index (χ1v) is 6.77. The summed E-state index contributed by atoms with van der Waals surface area (Å²) < 4.78 is 0. The quantitative estimate of drug-likeness (QED) is 0.532. The van der Waals surface area contributed by atoms with E-state index in [4.69, 9.17) is 0 Å². The minimum Gasteiger partial charge on any atom is -0.360 e. The Bertz CT molecular complexity index is 708. The fourth-order valence-electron chi connectivity index (χ4n) is 2.76. The SMILES string of the molecule is CC1Cc2ccccc2N1CC(=O)c1cc([N+](=O)[O-])c[nH]1. The Morgan fingerprint density at radius 2 is 2.24 bits per heavy atom. The van der Waals surface area contributed by atoms with E-state index in [1.54, 1.807) is 0 Å². The number of aromatic amines is 1. The molecule has 3 rings (SSSR count). The van der Waals surface area contributed by atoms with E-state index < -0.39 is 4.92 Å². The Morgan fingerprint density at radius 1 is 1.48 bits per heavy atom. The van der Waals surface area contributed by atoms with E-state index in [0.717, 1.165) is 12.1 Å². The number of Topliss-reactive ketones (excluding diaryl/α,β-unsaturated/α-hetero) is 1. The lowest BCUT2D eigenvalue weighted by atomic mass is 10.1. The highest BCUT2D eigenvalue weighted by molar-refractivity contribution is 5.98. The predicted molar refractivity (Wildman–Crippen MR) is 78.7 cm³/mol. The summed E-state index contributed by atoms with van der Waals surface area (Å²) in [6.07, 6.45) is 2.16. The molecule has 1 atom stereocenters. The normalized spacial score (nSPS) is 16.8. The van der Waals surface area contributed by atoms with Crippen LogP contribution in [0.15, 0.2) is 36.5 Å².